The van der Waals surface area contributed by atoms with E-state index in [0.29, 0.717) is 13.1 Å². The van der Waals surface area contributed by atoms with Gasteiger partial charge in [-0.25, -0.2) is 4.99 Å². The first kappa shape index (κ1) is 30.2. The Labute approximate surface area is 252 Å². The topological polar surface area (TPSA) is 58.8 Å². The minimum Gasteiger partial charge on any atom is -0.497 e. The van der Waals surface area contributed by atoms with E-state index in [1.807, 2.05) is 72.8 Å². The van der Waals surface area contributed by atoms with Gasteiger partial charge in [-0.05, 0) is 85.0 Å². The Kier molecular flexibility index (Phi) is 11.8. The number of ether oxygens (including phenoxy) is 2. The predicted molar refractivity (Wildman–Crippen MR) is 173 cm³/mol. The van der Waals surface area contributed by atoms with E-state index >= 15 is 0 Å². The van der Waals surface area contributed by atoms with Crippen LogP contribution in [0.2, 0.25) is 0 Å². The molecule has 39 heavy (non-hydrogen) atoms. The number of hydrogen-bond acceptors (Lipinski definition) is 6. The molecule has 4 aromatic rings. The zero-order valence-corrected chi connectivity index (χ0v) is 25.7. The molecular weight excluding hydrogens is 619 g/mol. The number of aryl methyl sites for hydroxylation is 1. The molecule has 0 N–H and O–H groups in total. The van der Waals surface area contributed by atoms with Gasteiger partial charge in [-0.1, -0.05) is 53.7 Å². The van der Waals surface area contributed by atoms with Crippen LogP contribution in [0.25, 0.3) is 0 Å². The minimum absolute atomic E-state index is 0. The molecule has 6 nitrogen and oxygen atoms in total. The maximum Gasteiger partial charge on any atom is 0.164 e. The first-order chi connectivity index (χ1) is 18.6. The molecule has 0 bridgehead atoms. The van der Waals surface area contributed by atoms with Crippen molar-refractivity contribution in [3.63, 3.8) is 0 Å². The van der Waals surface area contributed by atoms with Gasteiger partial charge in [0.2, 0.25) is 0 Å². The number of halogens is 1. The van der Waals surface area contributed by atoms with Crippen molar-refractivity contribution in [2.45, 2.75) is 20.0 Å². The fourth-order valence-corrected chi connectivity index (χ4v) is 4.35. The Morgan fingerprint density at radius 2 is 1.05 bits per heavy atom. The summed E-state index contributed by atoms with van der Waals surface area (Å²) in [6.45, 7) is 3.47. The van der Waals surface area contributed by atoms with Gasteiger partial charge in [0.1, 0.15) is 11.5 Å². The predicted octanol–water partition coefficient (Wildman–Crippen LogP) is 9.10. The molecule has 0 atom stereocenters. The summed E-state index contributed by atoms with van der Waals surface area (Å²) in [5.74, 6) is 1.68. The molecular formula is C31H33IN4O2S. The number of methoxy groups -OCH3 is 2. The van der Waals surface area contributed by atoms with Crippen molar-refractivity contribution in [3.05, 3.63) is 114 Å². The third-order valence-corrected chi connectivity index (χ3v) is 6.62. The molecule has 4 rings (SSSR count). The number of aliphatic imine (C=N–C) groups is 1. The van der Waals surface area contributed by atoms with E-state index in [0.717, 1.165) is 33.7 Å². The largest absolute Gasteiger partial charge is 0.497 e. The van der Waals surface area contributed by atoms with Crippen molar-refractivity contribution >= 4 is 58.0 Å². The summed E-state index contributed by atoms with van der Waals surface area (Å²) in [6, 6.07) is 32.1. The van der Waals surface area contributed by atoms with Gasteiger partial charge in [0.25, 0.3) is 0 Å². The summed E-state index contributed by atoms with van der Waals surface area (Å²) in [5.41, 5.74) is 6.02. The van der Waals surface area contributed by atoms with Crippen LogP contribution in [-0.2, 0) is 13.1 Å². The van der Waals surface area contributed by atoms with Crippen molar-refractivity contribution < 1.29 is 9.47 Å². The van der Waals surface area contributed by atoms with Crippen LogP contribution >= 0.6 is 35.7 Å². The van der Waals surface area contributed by atoms with Gasteiger partial charge in [0.05, 0.1) is 31.3 Å². The minimum atomic E-state index is 0. The molecule has 0 spiro atoms. The Morgan fingerprint density at radius 3 is 1.46 bits per heavy atom. The highest BCUT2D eigenvalue weighted by Gasteiger charge is 2.13. The lowest BCUT2D eigenvalue weighted by molar-refractivity contribution is 0.405. The van der Waals surface area contributed by atoms with Crippen molar-refractivity contribution in [1.82, 2.24) is 4.90 Å². The Bertz CT molecular complexity index is 1310. The molecule has 202 valence electrons. The van der Waals surface area contributed by atoms with Crippen LogP contribution in [0.4, 0.5) is 17.1 Å². The second-order valence-corrected chi connectivity index (χ2v) is 9.48. The molecule has 0 aliphatic carbocycles. The normalized spacial score (nSPS) is 11.2. The average Bonchev–Trinajstić information content (AvgIpc) is 2.96. The van der Waals surface area contributed by atoms with Crippen molar-refractivity contribution in [2.75, 3.05) is 20.5 Å². The van der Waals surface area contributed by atoms with E-state index in [1.165, 1.54) is 16.7 Å². The van der Waals surface area contributed by atoms with Gasteiger partial charge >= 0.3 is 0 Å². The second-order valence-electron chi connectivity index (χ2n) is 8.70. The molecule has 0 amide bonds. The quantitative estimate of drug-likeness (QED) is 0.0784. The van der Waals surface area contributed by atoms with E-state index in [2.05, 4.69) is 52.6 Å². The fourth-order valence-electron chi connectivity index (χ4n) is 3.77. The van der Waals surface area contributed by atoms with Gasteiger partial charge in [-0.2, -0.15) is 10.2 Å². The molecule has 0 radical (unpaired) electrons. The highest BCUT2D eigenvalue weighted by atomic mass is 127. The summed E-state index contributed by atoms with van der Waals surface area (Å²) in [5, 5.41) is 9.61. The van der Waals surface area contributed by atoms with Gasteiger partial charge in [0.15, 0.2) is 5.17 Å². The molecule has 0 fully saturated rings. The number of amidine groups is 1. The molecule has 0 aliphatic heterocycles. The van der Waals surface area contributed by atoms with Crippen LogP contribution in [0.15, 0.2) is 112 Å². The van der Waals surface area contributed by atoms with E-state index in [1.54, 1.807) is 26.0 Å². The van der Waals surface area contributed by atoms with Crippen molar-refractivity contribution in [3.8, 4) is 11.5 Å². The summed E-state index contributed by atoms with van der Waals surface area (Å²) < 4.78 is 10.7. The lowest BCUT2D eigenvalue weighted by atomic mass is 10.1. The van der Waals surface area contributed by atoms with Gasteiger partial charge in [-0.15, -0.1) is 24.0 Å². The molecule has 0 unspecified atom stereocenters. The highest BCUT2D eigenvalue weighted by Crippen LogP contribution is 2.25. The first-order valence-corrected chi connectivity index (χ1v) is 13.5. The highest BCUT2D eigenvalue weighted by molar-refractivity contribution is 14.0. The molecule has 4 aromatic carbocycles. The number of hydrogen-bond donors (Lipinski definition) is 0. The molecule has 0 aromatic heterocycles. The molecule has 0 saturated heterocycles. The standard InChI is InChI=1S/C31H32N4O2S.HI/c1-23-5-11-27(12-6-23)33-34-28-15-13-26(14-16-28)32-31(38-4)35(21-24-7-17-29(36-2)18-8-24)22-25-9-19-30(37-3)20-10-25;/h5-20H,21-22H2,1-4H3;1H. The van der Waals surface area contributed by atoms with E-state index in [9.17, 15) is 0 Å². The number of thioether (sulfide) groups is 1. The third-order valence-electron chi connectivity index (χ3n) is 5.91. The van der Waals surface area contributed by atoms with Crippen LogP contribution in [0, 0.1) is 6.92 Å². The van der Waals surface area contributed by atoms with Crippen molar-refractivity contribution in [2.24, 2.45) is 15.2 Å². The monoisotopic (exact) mass is 652 g/mol. The third kappa shape index (κ3) is 9.11. The maximum absolute atomic E-state index is 5.33. The molecule has 8 heteroatoms. The Morgan fingerprint density at radius 1 is 0.641 bits per heavy atom. The molecule has 0 aliphatic rings. The lowest BCUT2D eigenvalue weighted by Gasteiger charge is -2.25. The second kappa shape index (κ2) is 15.3. The first-order valence-electron chi connectivity index (χ1n) is 12.3. The van der Waals surface area contributed by atoms with Crippen LogP contribution in [0.5, 0.6) is 11.5 Å². The van der Waals surface area contributed by atoms with Crippen LogP contribution < -0.4 is 9.47 Å². The van der Waals surface area contributed by atoms with Gasteiger partial charge < -0.3 is 14.4 Å². The lowest BCUT2D eigenvalue weighted by Crippen LogP contribution is -2.27. The van der Waals surface area contributed by atoms with Crippen LogP contribution in [0.1, 0.15) is 16.7 Å². The van der Waals surface area contributed by atoms with Crippen molar-refractivity contribution in [1.29, 1.82) is 0 Å². The smallest absolute Gasteiger partial charge is 0.164 e. The number of azo groups is 1. The zero-order chi connectivity index (χ0) is 26.7. The van der Waals surface area contributed by atoms with E-state index in [4.69, 9.17) is 14.5 Å². The number of benzene rings is 4. The van der Waals surface area contributed by atoms with E-state index in [-0.39, 0.29) is 24.0 Å². The fraction of sp³-hybridized carbons (Fsp3) is 0.194. The maximum atomic E-state index is 5.33. The summed E-state index contributed by atoms with van der Waals surface area (Å²) in [6.07, 6.45) is 2.05. The Hall–Kier alpha value is -3.37. The van der Waals surface area contributed by atoms with Crippen LogP contribution in [0.3, 0.4) is 0 Å². The van der Waals surface area contributed by atoms with E-state index < -0.39 is 0 Å². The Balaban J connectivity index is 0.00000420. The van der Waals surface area contributed by atoms with Crippen LogP contribution in [-0.4, -0.2) is 30.5 Å². The number of nitrogens with zero attached hydrogens (tertiary/aromatic N) is 4. The zero-order valence-electron chi connectivity index (χ0n) is 22.6. The van der Waals surface area contributed by atoms with Gasteiger partial charge in [-0.3, -0.25) is 0 Å². The molecule has 0 heterocycles. The summed E-state index contributed by atoms with van der Waals surface area (Å²) in [7, 11) is 3.36. The van der Waals surface area contributed by atoms with Gasteiger partial charge in [0, 0.05) is 13.1 Å². The summed E-state index contributed by atoms with van der Waals surface area (Å²) in [4.78, 5) is 7.27. The average molecular weight is 653 g/mol. The molecule has 0 saturated carbocycles. The number of rotatable bonds is 9. The summed E-state index contributed by atoms with van der Waals surface area (Å²) >= 11 is 1.62. The SMILES string of the molecule is COc1ccc(CN(Cc2ccc(OC)cc2)C(=Nc2ccc(N=Nc3ccc(C)cc3)cc2)SC)cc1.I.